The van der Waals surface area contributed by atoms with Gasteiger partial charge in [0.1, 0.15) is 5.75 Å². The first-order valence-electron chi connectivity index (χ1n) is 5.89. The molecule has 2 atom stereocenters. The molecule has 2 unspecified atom stereocenters. The highest BCUT2D eigenvalue weighted by Crippen LogP contribution is 2.42. The number of ether oxygens (including phenoxy) is 1. The molecule has 0 spiro atoms. The maximum atomic E-state index is 12.0. The van der Waals surface area contributed by atoms with Crippen LogP contribution in [-0.2, 0) is 0 Å². The first-order chi connectivity index (χ1) is 8.39. The van der Waals surface area contributed by atoms with Crippen LogP contribution in [0.3, 0.4) is 0 Å². The molecule has 2 rings (SSSR count). The molecule has 5 heteroatoms. The van der Waals surface area contributed by atoms with Crippen molar-refractivity contribution in [2.75, 3.05) is 5.32 Å². The lowest BCUT2D eigenvalue weighted by atomic mass is 9.64. The van der Waals surface area contributed by atoms with Crippen LogP contribution in [0.5, 0.6) is 5.75 Å². The van der Waals surface area contributed by atoms with Gasteiger partial charge >= 0.3 is 6.61 Å². The molecular weight excluding hydrogens is 240 g/mol. The maximum Gasteiger partial charge on any atom is 0.387 e. The van der Waals surface area contributed by atoms with Crippen LogP contribution in [0.15, 0.2) is 24.3 Å². The number of aliphatic hydroxyl groups is 1. The summed E-state index contributed by atoms with van der Waals surface area (Å²) in [7, 11) is 0. The van der Waals surface area contributed by atoms with Gasteiger partial charge in [0.2, 0.25) is 0 Å². The highest BCUT2D eigenvalue weighted by Gasteiger charge is 2.47. The van der Waals surface area contributed by atoms with Crippen LogP contribution in [0.4, 0.5) is 14.5 Å². The van der Waals surface area contributed by atoms with E-state index in [1.165, 1.54) is 12.1 Å². The molecule has 1 aliphatic rings. The van der Waals surface area contributed by atoms with Gasteiger partial charge in [-0.2, -0.15) is 8.78 Å². The molecule has 2 N–H and O–H groups in total. The smallest absolute Gasteiger partial charge is 0.387 e. The Kier molecular flexibility index (Phi) is 3.43. The maximum absolute atomic E-state index is 12.0. The van der Waals surface area contributed by atoms with Crippen molar-refractivity contribution in [2.45, 2.75) is 39.0 Å². The first kappa shape index (κ1) is 13.1. The van der Waals surface area contributed by atoms with Crippen LogP contribution in [0.1, 0.15) is 20.3 Å². The number of hydrogen-bond donors (Lipinski definition) is 2. The second kappa shape index (κ2) is 4.72. The Hall–Kier alpha value is -1.36. The fraction of sp³-hybridized carbons (Fsp3) is 0.538. The predicted molar refractivity (Wildman–Crippen MR) is 64.9 cm³/mol. The molecule has 0 heterocycles. The third-order valence-corrected chi connectivity index (χ3v) is 3.64. The number of aliphatic hydroxyl groups excluding tert-OH is 1. The van der Waals surface area contributed by atoms with Crippen molar-refractivity contribution >= 4 is 5.69 Å². The highest BCUT2D eigenvalue weighted by molar-refractivity contribution is 5.48. The largest absolute Gasteiger partial charge is 0.435 e. The predicted octanol–water partition coefficient (Wildman–Crippen LogP) is 2.86. The van der Waals surface area contributed by atoms with Crippen LogP contribution < -0.4 is 10.1 Å². The van der Waals surface area contributed by atoms with Crippen LogP contribution in [0.2, 0.25) is 0 Å². The molecule has 1 aromatic rings. The van der Waals surface area contributed by atoms with E-state index in [0.29, 0.717) is 6.42 Å². The zero-order chi connectivity index (χ0) is 13.3. The number of nitrogens with one attached hydrogen (secondary N) is 1. The molecule has 1 aliphatic carbocycles. The SMILES string of the molecule is CC1(C)C(O)CC1Nc1ccc(OC(F)F)cc1. The number of hydrogen-bond acceptors (Lipinski definition) is 3. The summed E-state index contributed by atoms with van der Waals surface area (Å²) in [5, 5.41) is 12.9. The zero-order valence-electron chi connectivity index (χ0n) is 10.4. The van der Waals surface area contributed by atoms with E-state index in [0.717, 1.165) is 5.69 Å². The van der Waals surface area contributed by atoms with E-state index in [1.807, 2.05) is 13.8 Å². The van der Waals surface area contributed by atoms with Gasteiger partial charge in [-0.1, -0.05) is 13.8 Å². The van der Waals surface area contributed by atoms with Gasteiger partial charge < -0.3 is 15.2 Å². The Balaban J connectivity index is 1.95. The van der Waals surface area contributed by atoms with E-state index >= 15 is 0 Å². The second-order valence-corrected chi connectivity index (χ2v) is 5.17. The minimum atomic E-state index is -2.80. The van der Waals surface area contributed by atoms with Crippen molar-refractivity contribution in [3.05, 3.63) is 24.3 Å². The summed E-state index contributed by atoms with van der Waals surface area (Å²) < 4.78 is 28.2. The number of rotatable bonds is 4. The van der Waals surface area contributed by atoms with Gasteiger partial charge in [-0.3, -0.25) is 0 Å². The average Bonchev–Trinajstić information content (AvgIpc) is 2.30. The summed E-state index contributed by atoms with van der Waals surface area (Å²) >= 11 is 0. The first-order valence-corrected chi connectivity index (χ1v) is 5.89. The number of anilines is 1. The van der Waals surface area contributed by atoms with Crippen LogP contribution in [-0.4, -0.2) is 23.9 Å². The average molecular weight is 257 g/mol. The molecule has 3 nitrogen and oxygen atoms in total. The molecular formula is C13H17F2NO2. The van der Waals surface area contributed by atoms with Crippen molar-refractivity contribution in [3.63, 3.8) is 0 Å². The molecule has 0 amide bonds. The molecule has 0 aromatic heterocycles. The summed E-state index contributed by atoms with van der Waals surface area (Å²) in [6, 6.07) is 6.57. The molecule has 100 valence electrons. The quantitative estimate of drug-likeness (QED) is 0.871. The van der Waals surface area contributed by atoms with E-state index in [-0.39, 0.29) is 23.3 Å². The van der Waals surface area contributed by atoms with Gasteiger partial charge in [0.25, 0.3) is 0 Å². The fourth-order valence-corrected chi connectivity index (χ4v) is 2.08. The van der Waals surface area contributed by atoms with E-state index in [2.05, 4.69) is 10.1 Å². The standard InChI is InChI=1S/C13H17F2NO2/c1-13(2)10(7-11(13)17)16-8-3-5-9(6-4-8)18-12(14)15/h3-6,10-12,16-17H,7H2,1-2H3. The number of benzene rings is 1. The van der Waals surface area contributed by atoms with Gasteiger partial charge in [-0.25, -0.2) is 0 Å². The van der Waals surface area contributed by atoms with Gasteiger partial charge in [0.05, 0.1) is 6.10 Å². The van der Waals surface area contributed by atoms with Gasteiger partial charge in [-0.15, -0.1) is 0 Å². The summed E-state index contributed by atoms with van der Waals surface area (Å²) in [6.45, 7) is 1.18. The summed E-state index contributed by atoms with van der Waals surface area (Å²) in [4.78, 5) is 0. The molecule has 0 radical (unpaired) electrons. The van der Waals surface area contributed by atoms with E-state index < -0.39 is 6.61 Å². The van der Waals surface area contributed by atoms with Gasteiger partial charge in [0, 0.05) is 17.1 Å². The van der Waals surface area contributed by atoms with Crippen LogP contribution in [0.25, 0.3) is 0 Å². The topological polar surface area (TPSA) is 41.5 Å². The van der Waals surface area contributed by atoms with Gasteiger partial charge in [0.15, 0.2) is 0 Å². The normalized spacial score (nSPS) is 25.7. The van der Waals surface area contributed by atoms with Crippen LogP contribution >= 0.6 is 0 Å². The molecule has 1 fully saturated rings. The molecule has 1 aromatic carbocycles. The lowest BCUT2D eigenvalue weighted by Crippen LogP contribution is -2.56. The van der Waals surface area contributed by atoms with Crippen molar-refractivity contribution < 1.29 is 18.6 Å². The Morgan fingerprint density at radius 3 is 2.39 bits per heavy atom. The Morgan fingerprint density at radius 1 is 1.33 bits per heavy atom. The monoisotopic (exact) mass is 257 g/mol. The molecule has 0 saturated heterocycles. The lowest BCUT2D eigenvalue weighted by molar-refractivity contribution is -0.0513. The minimum absolute atomic E-state index is 0.142. The molecule has 1 saturated carbocycles. The molecule has 0 aliphatic heterocycles. The Labute approximate surface area is 105 Å². The lowest BCUT2D eigenvalue weighted by Gasteiger charge is -2.49. The summed E-state index contributed by atoms with van der Waals surface area (Å²) in [6.07, 6.45) is 0.402. The Bertz CT molecular complexity index is 406. The molecule has 18 heavy (non-hydrogen) atoms. The van der Waals surface area contributed by atoms with E-state index in [4.69, 9.17) is 0 Å². The van der Waals surface area contributed by atoms with Crippen molar-refractivity contribution in [1.29, 1.82) is 0 Å². The van der Waals surface area contributed by atoms with Crippen molar-refractivity contribution in [2.24, 2.45) is 5.41 Å². The third-order valence-electron chi connectivity index (χ3n) is 3.64. The fourth-order valence-electron chi connectivity index (χ4n) is 2.08. The van der Waals surface area contributed by atoms with Crippen molar-refractivity contribution in [1.82, 2.24) is 0 Å². The molecule has 0 bridgehead atoms. The summed E-state index contributed by atoms with van der Waals surface area (Å²) in [5.41, 5.74) is 0.666. The minimum Gasteiger partial charge on any atom is -0.435 e. The van der Waals surface area contributed by atoms with Crippen molar-refractivity contribution in [3.8, 4) is 5.75 Å². The van der Waals surface area contributed by atoms with E-state index in [9.17, 15) is 13.9 Å². The third kappa shape index (κ3) is 2.56. The van der Waals surface area contributed by atoms with E-state index in [1.54, 1.807) is 12.1 Å². The second-order valence-electron chi connectivity index (χ2n) is 5.17. The van der Waals surface area contributed by atoms with Gasteiger partial charge in [-0.05, 0) is 30.7 Å². The van der Waals surface area contributed by atoms with Crippen LogP contribution in [0, 0.1) is 5.41 Å². The zero-order valence-corrected chi connectivity index (χ0v) is 10.4. The number of halogens is 2. The summed E-state index contributed by atoms with van der Waals surface area (Å²) in [5.74, 6) is 0.142. The number of alkyl halides is 2. The highest BCUT2D eigenvalue weighted by atomic mass is 19.3. The Morgan fingerprint density at radius 2 is 1.94 bits per heavy atom.